The largest absolute Gasteiger partial charge is 0.382 e. The van der Waals surface area contributed by atoms with Crippen LogP contribution in [0.5, 0.6) is 0 Å². The Morgan fingerprint density at radius 3 is 2.50 bits per heavy atom. The smallest absolute Gasteiger partial charge is 0.249 e. The van der Waals surface area contributed by atoms with Gasteiger partial charge >= 0.3 is 0 Å². The van der Waals surface area contributed by atoms with E-state index in [-0.39, 0.29) is 24.5 Å². The number of amides is 1. The molecule has 8 nitrogen and oxygen atoms in total. The van der Waals surface area contributed by atoms with Crippen LogP contribution < -0.4 is 5.32 Å². The van der Waals surface area contributed by atoms with Crippen molar-refractivity contribution in [3.63, 3.8) is 0 Å². The van der Waals surface area contributed by atoms with Crippen molar-refractivity contribution in [3.8, 4) is 0 Å². The second-order valence-corrected chi connectivity index (χ2v) is 8.45. The molecule has 0 radical (unpaired) electrons. The molecule has 9 heteroatoms. The first kappa shape index (κ1) is 21.6. The molecular weight excluding hydrogens is 382 g/mol. The number of aliphatic hydroxyl groups is 1. The number of unbranched alkanes of at least 4 members (excludes halogenated alkanes) is 1. The lowest BCUT2D eigenvalue weighted by Gasteiger charge is -2.12. The molecule has 2 N–H and O–H groups in total. The minimum absolute atomic E-state index is 0.133. The van der Waals surface area contributed by atoms with Crippen LogP contribution in [-0.4, -0.2) is 53.8 Å². The molecule has 0 spiro atoms. The van der Waals surface area contributed by atoms with Crippen molar-refractivity contribution < 1.29 is 23.1 Å². The minimum Gasteiger partial charge on any atom is -0.382 e. The van der Waals surface area contributed by atoms with Gasteiger partial charge in [-0.2, -0.15) is 5.10 Å². The van der Waals surface area contributed by atoms with Gasteiger partial charge in [0.05, 0.1) is 11.5 Å². The van der Waals surface area contributed by atoms with Gasteiger partial charge in [0.15, 0.2) is 15.6 Å². The fourth-order valence-corrected chi connectivity index (χ4v) is 3.97. The fraction of sp³-hybridized carbons (Fsp3) is 0.368. The molecule has 2 aromatic rings. The number of aliphatic hydroxyl groups excluding tert-OH is 1. The summed E-state index contributed by atoms with van der Waals surface area (Å²) in [6.45, 7) is 0.238. The normalized spacial score (nSPS) is 12.3. The summed E-state index contributed by atoms with van der Waals surface area (Å²) in [5.41, 5.74) is 0.897. The Balaban J connectivity index is 1.67. The number of nitrogens with one attached hydrogen (secondary N) is 1. The van der Waals surface area contributed by atoms with Crippen molar-refractivity contribution in [2.24, 2.45) is 0 Å². The number of ketones is 1. The molecule has 2 rings (SSSR count). The molecule has 150 valence electrons. The number of carbonyl (C=O) groups is 2. The van der Waals surface area contributed by atoms with Gasteiger partial charge in [-0.25, -0.2) is 8.42 Å². The summed E-state index contributed by atoms with van der Waals surface area (Å²) < 4.78 is 24.2. The highest BCUT2D eigenvalue weighted by atomic mass is 32.2. The third kappa shape index (κ3) is 7.53. The molecule has 1 atom stereocenters. The van der Waals surface area contributed by atoms with Gasteiger partial charge in [-0.05, 0) is 30.5 Å². The molecule has 0 saturated heterocycles. The van der Waals surface area contributed by atoms with Crippen LogP contribution in [0.3, 0.4) is 0 Å². The lowest BCUT2D eigenvalue weighted by atomic mass is 10.1. The molecule has 0 fully saturated rings. The number of rotatable bonds is 11. The Hall–Kier alpha value is -2.65. The molecule has 1 amide bonds. The highest BCUT2D eigenvalue weighted by molar-refractivity contribution is 7.90. The van der Waals surface area contributed by atoms with Crippen LogP contribution >= 0.6 is 0 Å². The summed E-state index contributed by atoms with van der Waals surface area (Å²) >= 11 is 0. The average Bonchev–Trinajstić information content (AvgIpc) is 2.68. The lowest BCUT2D eigenvalue weighted by Crippen LogP contribution is -2.39. The maximum Gasteiger partial charge on any atom is 0.249 e. The first-order chi connectivity index (χ1) is 13.4. The zero-order valence-electron chi connectivity index (χ0n) is 15.3. The van der Waals surface area contributed by atoms with E-state index in [1.165, 1.54) is 6.20 Å². The number of carbonyl (C=O) groups excluding carboxylic acids is 2. The number of aromatic nitrogens is 2. The Kier molecular flexibility index (Phi) is 8.21. The van der Waals surface area contributed by atoms with Gasteiger partial charge in [0.1, 0.15) is 11.8 Å². The van der Waals surface area contributed by atoms with Crippen LogP contribution in [0.15, 0.2) is 48.7 Å². The number of benzene rings is 1. The Morgan fingerprint density at radius 2 is 1.82 bits per heavy atom. The number of hydrogen-bond donors (Lipinski definition) is 2. The maximum absolute atomic E-state index is 12.1. The van der Waals surface area contributed by atoms with E-state index in [0.29, 0.717) is 24.1 Å². The highest BCUT2D eigenvalue weighted by Gasteiger charge is 2.23. The minimum atomic E-state index is -3.62. The van der Waals surface area contributed by atoms with E-state index < -0.39 is 27.6 Å². The van der Waals surface area contributed by atoms with Crippen LogP contribution in [0.2, 0.25) is 0 Å². The predicted molar refractivity (Wildman–Crippen MR) is 103 cm³/mol. The Morgan fingerprint density at radius 1 is 1.07 bits per heavy atom. The van der Waals surface area contributed by atoms with Crippen LogP contribution in [0.25, 0.3) is 0 Å². The van der Waals surface area contributed by atoms with E-state index in [9.17, 15) is 23.1 Å². The third-order valence-corrected chi connectivity index (χ3v) is 5.53. The zero-order valence-corrected chi connectivity index (χ0v) is 16.1. The molecule has 0 saturated carbocycles. The second kappa shape index (κ2) is 10.6. The lowest BCUT2D eigenvalue weighted by molar-refractivity contribution is -0.128. The molecule has 28 heavy (non-hydrogen) atoms. The standard InChI is InChI=1S/C19H23N3O5S/c23-17(16-9-6-12-21-22-16)10-4-5-11-20-19(25)18(24)14-28(26,27)13-15-7-2-1-3-8-15/h1-3,6-9,12,18,24H,4-5,10-11,13-14H2,(H,20,25)/t18-/m0/s1. The summed E-state index contributed by atoms with van der Waals surface area (Å²) in [6, 6.07) is 11.8. The van der Waals surface area contributed by atoms with Crippen molar-refractivity contribution in [1.29, 1.82) is 0 Å². The van der Waals surface area contributed by atoms with E-state index in [0.717, 1.165) is 0 Å². The number of Topliss-reactive ketones (excluding diaryl/α,β-unsaturated/α-hetero) is 1. The van der Waals surface area contributed by atoms with Crippen molar-refractivity contribution in [2.75, 3.05) is 12.3 Å². The fourth-order valence-electron chi connectivity index (χ4n) is 2.52. The number of sulfone groups is 1. The molecule has 0 aliphatic heterocycles. The van der Waals surface area contributed by atoms with E-state index in [1.54, 1.807) is 42.5 Å². The number of hydrogen-bond acceptors (Lipinski definition) is 7. The molecule has 0 aliphatic rings. The predicted octanol–water partition coefficient (Wildman–Crippen LogP) is 0.922. The van der Waals surface area contributed by atoms with E-state index in [1.807, 2.05) is 0 Å². The molecule has 0 bridgehead atoms. The van der Waals surface area contributed by atoms with Crippen LogP contribution in [0.1, 0.15) is 35.3 Å². The van der Waals surface area contributed by atoms with Gasteiger partial charge in [-0.1, -0.05) is 30.3 Å². The van der Waals surface area contributed by atoms with Gasteiger partial charge in [0, 0.05) is 19.2 Å². The Labute approximate surface area is 163 Å². The maximum atomic E-state index is 12.1. The molecule has 0 aliphatic carbocycles. The van der Waals surface area contributed by atoms with Gasteiger partial charge < -0.3 is 10.4 Å². The summed E-state index contributed by atoms with van der Waals surface area (Å²) in [6.07, 6.45) is 1.16. The Bertz CT molecular complexity index is 873. The van der Waals surface area contributed by atoms with E-state index in [4.69, 9.17) is 0 Å². The molecule has 1 heterocycles. The van der Waals surface area contributed by atoms with Crippen molar-refractivity contribution in [3.05, 3.63) is 59.9 Å². The second-order valence-electron chi connectivity index (χ2n) is 6.34. The zero-order chi connectivity index (χ0) is 20.4. The average molecular weight is 405 g/mol. The van der Waals surface area contributed by atoms with Gasteiger partial charge in [0.2, 0.25) is 5.91 Å². The summed E-state index contributed by atoms with van der Waals surface area (Å²) in [4.78, 5) is 23.7. The van der Waals surface area contributed by atoms with E-state index >= 15 is 0 Å². The van der Waals surface area contributed by atoms with Gasteiger partial charge in [-0.3, -0.25) is 9.59 Å². The van der Waals surface area contributed by atoms with Crippen LogP contribution in [0.4, 0.5) is 0 Å². The topological polar surface area (TPSA) is 126 Å². The quantitative estimate of drug-likeness (QED) is 0.420. The first-order valence-corrected chi connectivity index (χ1v) is 10.7. The summed E-state index contributed by atoms with van der Waals surface area (Å²) in [7, 11) is -3.62. The SMILES string of the molecule is O=C(CCCCNC(=O)[C@@H](O)CS(=O)(=O)Cc1ccccc1)c1cccnn1. The number of nitrogens with zero attached hydrogens (tertiary/aromatic N) is 2. The van der Waals surface area contributed by atoms with Crippen molar-refractivity contribution in [2.45, 2.75) is 31.1 Å². The molecular formula is C19H23N3O5S. The first-order valence-electron chi connectivity index (χ1n) is 8.88. The van der Waals surface area contributed by atoms with Gasteiger partial charge in [-0.15, -0.1) is 5.10 Å². The molecule has 0 unspecified atom stereocenters. The highest BCUT2D eigenvalue weighted by Crippen LogP contribution is 2.08. The van der Waals surface area contributed by atoms with Crippen LogP contribution in [-0.2, 0) is 20.4 Å². The monoisotopic (exact) mass is 405 g/mol. The summed E-state index contributed by atoms with van der Waals surface area (Å²) in [5.74, 6) is -1.75. The third-order valence-electron chi connectivity index (χ3n) is 3.93. The van der Waals surface area contributed by atoms with Gasteiger partial charge in [0.25, 0.3) is 0 Å². The van der Waals surface area contributed by atoms with E-state index in [2.05, 4.69) is 15.5 Å². The van der Waals surface area contributed by atoms with Crippen molar-refractivity contribution >= 4 is 21.5 Å². The molecule has 1 aromatic heterocycles. The molecule has 1 aromatic carbocycles. The van der Waals surface area contributed by atoms with Crippen LogP contribution in [0, 0.1) is 0 Å². The summed E-state index contributed by atoms with van der Waals surface area (Å²) in [5, 5.41) is 19.7. The van der Waals surface area contributed by atoms with Crippen molar-refractivity contribution in [1.82, 2.24) is 15.5 Å².